The number of nitriles is 1. The molecule has 1 N–H and O–H groups in total. The van der Waals surface area contributed by atoms with Crippen molar-refractivity contribution in [3.05, 3.63) is 48.0 Å². The van der Waals surface area contributed by atoms with Gasteiger partial charge in [-0.15, -0.1) is 0 Å². The SMILES string of the molecule is CCOc1ccc(Nc2nc(SC)nc(-c3ccc(OC)c(OC)c3)c2C#N)cc1. The molecule has 0 saturated heterocycles. The van der Waals surface area contributed by atoms with E-state index in [-0.39, 0.29) is 0 Å². The van der Waals surface area contributed by atoms with Gasteiger partial charge < -0.3 is 19.5 Å². The Kier molecular flexibility index (Phi) is 6.99. The summed E-state index contributed by atoms with van der Waals surface area (Å²) in [6.07, 6.45) is 1.89. The minimum atomic E-state index is 0.342. The Hall–Kier alpha value is -3.44. The summed E-state index contributed by atoms with van der Waals surface area (Å²) in [5.74, 6) is 2.38. The van der Waals surface area contributed by atoms with Crippen molar-refractivity contribution in [2.45, 2.75) is 12.1 Å². The van der Waals surface area contributed by atoms with Crippen molar-refractivity contribution in [2.75, 3.05) is 32.4 Å². The largest absolute Gasteiger partial charge is 0.494 e. The summed E-state index contributed by atoms with van der Waals surface area (Å²) in [5, 5.41) is 13.7. The van der Waals surface area contributed by atoms with E-state index in [1.54, 1.807) is 26.4 Å². The third-order valence-electron chi connectivity index (χ3n) is 4.27. The summed E-state index contributed by atoms with van der Waals surface area (Å²) < 4.78 is 16.2. The highest BCUT2D eigenvalue weighted by Crippen LogP contribution is 2.35. The molecule has 3 aromatic rings. The molecular formula is C22H22N4O3S. The van der Waals surface area contributed by atoms with Crippen LogP contribution in [-0.2, 0) is 0 Å². The van der Waals surface area contributed by atoms with Gasteiger partial charge in [0.2, 0.25) is 0 Å². The van der Waals surface area contributed by atoms with Gasteiger partial charge in [0.25, 0.3) is 0 Å². The summed E-state index contributed by atoms with van der Waals surface area (Å²) in [5.41, 5.74) is 2.38. The van der Waals surface area contributed by atoms with Crippen molar-refractivity contribution in [1.82, 2.24) is 9.97 Å². The van der Waals surface area contributed by atoms with E-state index in [0.29, 0.717) is 40.3 Å². The summed E-state index contributed by atoms with van der Waals surface area (Å²) in [6, 6.07) is 15.2. The second-order valence-corrected chi connectivity index (χ2v) is 6.82. The lowest BCUT2D eigenvalue weighted by Crippen LogP contribution is -2.03. The standard InChI is InChI=1S/C22H22N4O3S/c1-5-29-16-9-7-15(8-10-16)24-21-17(13-23)20(25-22(26-21)30-4)14-6-11-18(27-2)19(12-14)28-3/h6-12H,5H2,1-4H3,(H,24,25,26). The highest BCUT2D eigenvalue weighted by atomic mass is 32.2. The van der Waals surface area contributed by atoms with E-state index in [4.69, 9.17) is 14.2 Å². The fourth-order valence-electron chi connectivity index (χ4n) is 2.86. The predicted octanol–water partition coefficient (Wildman–Crippen LogP) is 4.90. The Bertz CT molecular complexity index is 1070. The van der Waals surface area contributed by atoms with Crippen LogP contribution in [0.3, 0.4) is 0 Å². The van der Waals surface area contributed by atoms with Gasteiger partial charge in [-0.1, -0.05) is 11.8 Å². The smallest absolute Gasteiger partial charge is 0.189 e. The Morgan fingerprint density at radius 2 is 1.77 bits per heavy atom. The van der Waals surface area contributed by atoms with Crippen LogP contribution >= 0.6 is 11.8 Å². The van der Waals surface area contributed by atoms with Crippen LogP contribution in [0, 0.1) is 11.3 Å². The topological polar surface area (TPSA) is 89.3 Å². The molecule has 3 rings (SSSR count). The van der Waals surface area contributed by atoms with E-state index < -0.39 is 0 Å². The molecule has 0 aliphatic heterocycles. The lowest BCUT2D eigenvalue weighted by molar-refractivity contribution is 0.340. The number of hydrogen-bond acceptors (Lipinski definition) is 8. The van der Waals surface area contributed by atoms with Crippen LogP contribution in [0.15, 0.2) is 47.6 Å². The Morgan fingerprint density at radius 3 is 2.37 bits per heavy atom. The Labute approximate surface area is 180 Å². The number of anilines is 2. The highest BCUT2D eigenvalue weighted by Gasteiger charge is 2.18. The van der Waals surface area contributed by atoms with Crippen LogP contribution in [0.5, 0.6) is 17.2 Å². The number of ether oxygens (including phenoxy) is 3. The molecule has 7 nitrogen and oxygen atoms in total. The van der Waals surface area contributed by atoms with Crippen LogP contribution < -0.4 is 19.5 Å². The van der Waals surface area contributed by atoms with E-state index >= 15 is 0 Å². The van der Waals surface area contributed by atoms with Crippen molar-refractivity contribution >= 4 is 23.3 Å². The Balaban J connectivity index is 2.06. The molecular weight excluding hydrogens is 400 g/mol. The van der Waals surface area contributed by atoms with Gasteiger partial charge in [-0.05, 0) is 55.6 Å². The fourth-order valence-corrected chi connectivity index (χ4v) is 3.22. The van der Waals surface area contributed by atoms with Gasteiger partial charge in [-0.2, -0.15) is 5.26 Å². The van der Waals surface area contributed by atoms with E-state index in [1.165, 1.54) is 11.8 Å². The van der Waals surface area contributed by atoms with Crippen molar-refractivity contribution in [1.29, 1.82) is 5.26 Å². The molecule has 0 saturated carbocycles. The summed E-state index contributed by atoms with van der Waals surface area (Å²) in [6.45, 7) is 2.54. The van der Waals surface area contributed by atoms with Crippen molar-refractivity contribution in [3.8, 4) is 34.6 Å². The second-order valence-electron chi connectivity index (χ2n) is 6.05. The first kappa shape index (κ1) is 21.3. The molecule has 0 unspecified atom stereocenters. The first-order valence-corrected chi connectivity index (χ1v) is 10.4. The lowest BCUT2D eigenvalue weighted by atomic mass is 10.1. The molecule has 0 aliphatic carbocycles. The van der Waals surface area contributed by atoms with Gasteiger partial charge in [-0.3, -0.25) is 0 Å². The summed E-state index contributed by atoms with van der Waals surface area (Å²) in [7, 11) is 3.15. The number of methoxy groups -OCH3 is 2. The maximum atomic E-state index is 9.89. The number of aromatic nitrogens is 2. The van der Waals surface area contributed by atoms with Gasteiger partial charge in [0, 0.05) is 11.3 Å². The molecule has 0 fully saturated rings. The van der Waals surface area contributed by atoms with Crippen LogP contribution in [0.4, 0.5) is 11.5 Å². The average Bonchev–Trinajstić information content (AvgIpc) is 2.79. The van der Waals surface area contributed by atoms with E-state index in [1.807, 2.05) is 43.5 Å². The van der Waals surface area contributed by atoms with Crippen LogP contribution in [-0.4, -0.2) is 37.1 Å². The van der Waals surface area contributed by atoms with Crippen LogP contribution in [0.1, 0.15) is 12.5 Å². The maximum Gasteiger partial charge on any atom is 0.189 e. The fraction of sp³-hybridized carbons (Fsp3) is 0.227. The molecule has 0 aliphatic rings. The zero-order chi connectivity index (χ0) is 21.5. The second kappa shape index (κ2) is 9.85. The maximum absolute atomic E-state index is 9.89. The summed E-state index contributed by atoms with van der Waals surface area (Å²) >= 11 is 1.40. The van der Waals surface area contributed by atoms with Crippen LogP contribution in [0.25, 0.3) is 11.3 Å². The first-order valence-electron chi connectivity index (χ1n) is 9.21. The molecule has 154 valence electrons. The van der Waals surface area contributed by atoms with E-state index in [2.05, 4.69) is 21.4 Å². The Morgan fingerprint density at radius 1 is 1.03 bits per heavy atom. The zero-order valence-electron chi connectivity index (χ0n) is 17.2. The quantitative estimate of drug-likeness (QED) is 0.405. The van der Waals surface area contributed by atoms with E-state index in [9.17, 15) is 5.26 Å². The monoisotopic (exact) mass is 422 g/mol. The molecule has 1 heterocycles. The minimum Gasteiger partial charge on any atom is -0.494 e. The van der Waals surface area contributed by atoms with Crippen LogP contribution in [0.2, 0.25) is 0 Å². The van der Waals surface area contributed by atoms with Crippen molar-refractivity contribution in [3.63, 3.8) is 0 Å². The number of nitrogens with zero attached hydrogens (tertiary/aromatic N) is 3. The molecule has 0 amide bonds. The number of nitrogens with one attached hydrogen (secondary N) is 1. The number of hydrogen-bond donors (Lipinski definition) is 1. The molecule has 0 bridgehead atoms. The van der Waals surface area contributed by atoms with E-state index in [0.717, 1.165) is 17.0 Å². The molecule has 0 radical (unpaired) electrons. The van der Waals surface area contributed by atoms with Crippen molar-refractivity contribution < 1.29 is 14.2 Å². The normalized spacial score (nSPS) is 10.2. The number of thioether (sulfide) groups is 1. The third-order valence-corrected chi connectivity index (χ3v) is 4.82. The number of benzene rings is 2. The van der Waals surface area contributed by atoms with Crippen molar-refractivity contribution in [2.24, 2.45) is 0 Å². The van der Waals surface area contributed by atoms with Gasteiger partial charge in [0.15, 0.2) is 22.5 Å². The molecule has 8 heteroatoms. The van der Waals surface area contributed by atoms with Gasteiger partial charge in [-0.25, -0.2) is 9.97 Å². The first-order chi connectivity index (χ1) is 14.6. The molecule has 0 atom stereocenters. The van der Waals surface area contributed by atoms with Gasteiger partial charge in [0.05, 0.1) is 26.5 Å². The average molecular weight is 423 g/mol. The predicted molar refractivity (Wildman–Crippen MR) is 118 cm³/mol. The molecule has 1 aromatic heterocycles. The summed E-state index contributed by atoms with van der Waals surface area (Å²) in [4.78, 5) is 9.09. The minimum absolute atomic E-state index is 0.342. The lowest BCUT2D eigenvalue weighted by Gasteiger charge is -2.14. The third kappa shape index (κ3) is 4.58. The molecule has 2 aromatic carbocycles. The van der Waals surface area contributed by atoms with Gasteiger partial charge >= 0.3 is 0 Å². The van der Waals surface area contributed by atoms with Gasteiger partial charge in [0.1, 0.15) is 17.4 Å². The number of rotatable bonds is 8. The molecule has 0 spiro atoms. The zero-order valence-corrected chi connectivity index (χ0v) is 18.0. The molecule has 30 heavy (non-hydrogen) atoms. The highest BCUT2D eigenvalue weighted by molar-refractivity contribution is 7.98.